The molecule has 160 valence electrons. The Morgan fingerprint density at radius 2 is 2.00 bits per heavy atom. The van der Waals surface area contributed by atoms with E-state index in [0.29, 0.717) is 13.1 Å². The van der Waals surface area contributed by atoms with E-state index in [4.69, 9.17) is 4.74 Å². The monoisotopic (exact) mass is 402 g/mol. The summed E-state index contributed by atoms with van der Waals surface area (Å²) in [4.78, 5) is 20.9. The zero-order valence-corrected chi connectivity index (χ0v) is 17.6. The normalized spacial score (nSPS) is 19.6. The quantitative estimate of drug-likeness (QED) is 0.424. The van der Waals surface area contributed by atoms with E-state index in [1.165, 1.54) is 18.2 Å². The molecule has 0 aromatic heterocycles. The molecule has 0 spiro atoms. The molecule has 2 N–H and O–H groups in total. The second kappa shape index (κ2) is 10.6. The summed E-state index contributed by atoms with van der Waals surface area (Å²) in [7, 11) is 1.45. The summed E-state index contributed by atoms with van der Waals surface area (Å²) in [6.07, 6.45) is 2.07. The molecule has 1 fully saturated rings. The lowest BCUT2D eigenvalue weighted by atomic mass is 9.97. The van der Waals surface area contributed by atoms with Crippen molar-refractivity contribution in [1.82, 2.24) is 15.1 Å². The molecule has 2 aliphatic rings. The molecule has 7 heteroatoms. The molecule has 2 heterocycles. The van der Waals surface area contributed by atoms with E-state index in [2.05, 4.69) is 44.4 Å². The van der Waals surface area contributed by atoms with Crippen LogP contribution in [0.25, 0.3) is 0 Å². The third-order valence-electron chi connectivity index (χ3n) is 5.79. The van der Waals surface area contributed by atoms with E-state index >= 15 is 0 Å². The molecule has 1 saturated heterocycles. The molecule has 1 aromatic rings. The number of ether oxygens (including phenoxy) is 1. The number of aliphatic imine (C=N–C) groups is 1. The molecule has 1 aromatic carbocycles. The highest BCUT2D eigenvalue weighted by molar-refractivity contribution is 5.80. The van der Waals surface area contributed by atoms with Crippen LogP contribution in [0.2, 0.25) is 0 Å². The van der Waals surface area contributed by atoms with E-state index in [0.717, 1.165) is 57.9 Å². The number of guanidine groups is 1. The van der Waals surface area contributed by atoms with Gasteiger partial charge in [-0.15, -0.1) is 0 Å². The van der Waals surface area contributed by atoms with E-state index < -0.39 is 6.10 Å². The summed E-state index contributed by atoms with van der Waals surface area (Å²) in [6, 6.07) is 8.54. The minimum Gasteiger partial charge on any atom is -0.469 e. The number of nitrogens with one attached hydrogen (secondary N) is 1. The average Bonchev–Trinajstić information content (AvgIpc) is 2.76. The molecule has 1 atom stereocenters. The van der Waals surface area contributed by atoms with Gasteiger partial charge in [0.25, 0.3) is 0 Å². The maximum atomic E-state index is 11.7. The number of likely N-dealkylation sites (tertiary alicyclic amines) is 1. The number of hydrogen-bond donors (Lipinski definition) is 2. The van der Waals surface area contributed by atoms with E-state index in [1.54, 1.807) is 0 Å². The highest BCUT2D eigenvalue weighted by Crippen LogP contribution is 2.19. The van der Waals surface area contributed by atoms with Gasteiger partial charge in [0, 0.05) is 39.3 Å². The van der Waals surface area contributed by atoms with Crippen LogP contribution in [0.15, 0.2) is 29.3 Å². The third-order valence-corrected chi connectivity index (χ3v) is 5.79. The Bertz CT molecular complexity index is 701. The minimum atomic E-state index is -0.499. The van der Waals surface area contributed by atoms with Crippen molar-refractivity contribution in [2.24, 2.45) is 10.9 Å². The van der Waals surface area contributed by atoms with Gasteiger partial charge in [-0.25, -0.2) is 0 Å². The van der Waals surface area contributed by atoms with Crippen LogP contribution in [0.5, 0.6) is 0 Å². The van der Waals surface area contributed by atoms with Crippen molar-refractivity contribution >= 4 is 11.9 Å². The second-order valence-electron chi connectivity index (χ2n) is 7.89. The Kier molecular flexibility index (Phi) is 7.89. The highest BCUT2D eigenvalue weighted by Gasteiger charge is 2.27. The van der Waals surface area contributed by atoms with Crippen LogP contribution in [-0.4, -0.2) is 79.3 Å². The summed E-state index contributed by atoms with van der Waals surface area (Å²) in [5.41, 5.74) is 2.78. The van der Waals surface area contributed by atoms with E-state index in [1.807, 2.05) is 6.92 Å². The lowest BCUT2D eigenvalue weighted by Gasteiger charge is -2.33. The Morgan fingerprint density at radius 1 is 1.28 bits per heavy atom. The van der Waals surface area contributed by atoms with E-state index in [-0.39, 0.29) is 11.9 Å². The zero-order valence-electron chi connectivity index (χ0n) is 17.6. The number of rotatable bonds is 6. The molecule has 0 aliphatic carbocycles. The van der Waals surface area contributed by atoms with Crippen molar-refractivity contribution in [1.29, 1.82) is 0 Å². The number of esters is 1. The molecule has 7 nitrogen and oxygen atoms in total. The second-order valence-corrected chi connectivity index (χ2v) is 7.89. The van der Waals surface area contributed by atoms with Gasteiger partial charge in [0.1, 0.15) is 0 Å². The molecule has 0 bridgehead atoms. The van der Waals surface area contributed by atoms with Crippen molar-refractivity contribution in [2.75, 3.05) is 46.4 Å². The van der Waals surface area contributed by atoms with Gasteiger partial charge < -0.3 is 20.1 Å². The average molecular weight is 403 g/mol. The van der Waals surface area contributed by atoms with Crippen LogP contribution in [-0.2, 0) is 22.5 Å². The van der Waals surface area contributed by atoms with Crippen molar-refractivity contribution in [2.45, 2.75) is 38.8 Å². The van der Waals surface area contributed by atoms with Gasteiger partial charge >= 0.3 is 5.97 Å². The highest BCUT2D eigenvalue weighted by atomic mass is 16.5. The molecule has 2 aliphatic heterocycles. The maximum Gasteiger partial charge on any atom is 0.308 e. The molecule has 0 amide bonds. The fourth-order valence-electron chi connectivity index (χ4n) is 4.18. The van der Waals surface area contributed by atoms with Gasteiger partial charge in [-0.2, -0.15) is 0 Å². The van der Waals surface area contributed by atoms with Crippen molar-refractivity contribution in [3.05, 3.63) is 35.4 Å². The van der Waals surface area contributed by atoms with Crippen molar-refractivity contribution < 1.29 is 14.6 Å². The molecule has 0 radical (unpaired) electrons. The number of benzene rings is 1. The Balaban J connectivity index is 1.50. The summed E-state index contributed by atoms with van der Waals surface area (Å²) in [5.74, 6) is 0.677. The van der Waals surface area contributed by atoms with Crippen molar-refractivity contribution in [3.8, 4) is 0 Å². The predicted molar refractivity (Wildman–Crippen MR) is 114 cm³/mol. The van der Waals surface area contributed by atoms with Crippen LogP contribution >= 0.6 is 0 Å². The first-order chi connectivity index (χ1) is 14.1. The fourth-order valence-corrected chi connectivity index (χ4v) is 4.18. The Labute approximate surface area is 173 Å². The summed E-state index contributed by atoms with van der Waals surface area (Å²) >= 11 is 0. The summed E-state index contributed by atoms with van der Waals surface area (Å²) in [6.45, 7) is 7.21. The smallest absolute Gasteiger partial charge is 0.308 e. The van der Waals surface area contributed by atoms with Crippen LogP contribution in [0.1, 0.15) is 30.9 Å². The molecular weight excluding hydrogens is 368 g/mol. The lowest BCUT2D eigenvalue weighted by molar-refractivity contribution is -0.146. The van der Waals surface area contributed by atoms with Gasteiger partial charge in [-0.1, -0.05) is 24.3 Å². The zero-order chi connectivity index (χ0) is 20.6. The number of carbonyl (C=O) groups excluding carboxylic acids is 1. The maximum absolute atomic E-state index is 11.7. The number of aliphatic hydroxyl groups is 1. The SMILES string of the molecule is CCNC(=NCC(O)CN1CCc2ccccc2C1)N1CCC(C(=O)OC)CC1. The number of methoxy groups -OCH3 is 1. The van der Waals surface area contributed by atoms with Gasteiger partial charge in [-0.3, -0.25) is 14.7 Å². The van der Waals surface area contributed by atoms with Gasteiger partial charge in [-0.05, 0) is 37.3 Å². The predicted octanol–water partition coefficient (Wildman–Crippen LogP) is 1.26. The number of fused-ring (bicyclic) bond motifs is 1. The van der Waals surface area contributed by atoms with Crippen molar-refractivity contribution in [3.63, 3.8) is 0 Å². The fraction of sp³-hybridized carbons (Fsp3) is 0.636. The van der Waals surface area contributed by atoms with Crippen LogP contribution in [0.4, 0.5) is 0 Å². The Hall–Kier alpha value is -2.12. The molecular formula is C22H34N4O3. The number of piperidine rings is 1. The lowest BCUT2D eigenvalue weighted by Crippen LogP contribution is -2.47. The minimum absolute atomic E-state index is 0.0216. The number of carbonyl (C=O) groups is 1. The molecule has 0 saturated carbocycles. The first kappa shape index (κ1) is 21.6. The van der Waals surface area contributed by atoms with Gasteiger partial charge in [0.2, 0.25) is 0 Å². The first-order valence-electron chi connectivity index (χ1n) is 10.7. The number of hydrogen-bond acceptors (Lipinski definition) is 5. The number of aliphatic hydroxyl groups excluding tert-OH is 1. The largest absolute Gasteiger partial charge is 0.469 e. The third kappa shape index (κ3) is 5.93. The summed E-state index contributed by atoms with van der Waals surface area (Å²) < 4.78 is 4.86. The summed E-state index contributed by atoms with van der Waals surface area (Å²) in [5, 5.41) is 13.9. The standard InChI is InChI=1S/C22H34N4O3/c1-3-23-22(26-12-9-18(10-13-26)21(28)29-2)24-14-20(27)16-25-11-8-17-6-4-5-7-19(17)15-25/h4-7,18,20,27H,3,8-16H2,1-2H3,(H,23,24). The molecule has 3 rings (SSSR count). The van der Waals surface area contributed by atoms with Crippen LogP contribution in [0.3, 0.4) is 0 Å². The number of β-amino-alcohol motifs (C(OH)–C–C–N with tert-alkyl or cyclic N) is 1. The van der Waals surface area contributed by atoms with Crippen LogP contribution in [0, 0.1) is 5.92 Å². The first-order valence-corrected chi connectivity index (χ1v) is 10.7. The molecule has 29 heavy (non-hydrogen) atoms. The topological polar surface area (TPSA) is 77.4 Å². The van der Waals surface area contributed by atoms with Gasteiger partial charge in [0.05, 0.1) is 25.7 Å². The number of nitrogens with zero attached hydrogens (tertiary/aromatic N) is 3. The van der Waals surface area contributed by atoms with Crippen LogP contribution < -0.4 is 5.32 Å². The van der Waals surface area contributed by atoms with E-state index in [9.17, 15) is 9.90 Å². The van der Waals surface area contributed by atoms with Gasteiger partial charge in [0.15, 0.2) is 5.96 Å². The Morgan fingerprint density at radius 3 is 2.69 bits per heavy atom. The molecule has 1 unspecified atom stereocenters.